The van der Waals surface area contributed by atoms with Crippen molar-refractivity contribution in [3.63, 3.8) is 0 Å². The monoisotopic (exact) mass is 412 g/mol. The SMILES string of the molecule is CN(c1ccc(OC[C@@H](O)CNCCc2cccc(Cl)c2)cc1)S(C)(=O)=O. The molecular weight excluding hydrogens is 388 g/mol. The van der Waals surface area contributed by atoms with Gasteiger partial charge in [0.25, 0.3) is 0 Å². The molecule has 2 N–H and O–H groups in total. The fourth-order valence-electron chi connectivity index (χ4n) is 2.39. The van der Waals surface area contributed by atoms with Crippen LogP contribution in [0.5, 0.6) is 5.75 Å². The van der Waals surface area contributed by atoms with Crippen LogP contribution in [-0.4, -0.2) is 52.6 Å². The van der Waals surface area contributed by atoms with Gasteiger partial charge in [-0.05, 0) is 54.9 Å². The molecule has 2 rings (SSSR count). The topological polar surface area (TPSA) is 78.9 Å². The van der Waals surface area contributed by atoms with Crippen LogP contribution < -0.4 is 14.4 Å². The van der Waals surface area contributed by atoms with Crippen molar-refractivity contribution in [3.8, 4) is 5.75 Å². The van der Waals surface area contributed by atoms with E-state index in [-0.39, 0.29) is 6.61 Å². The average molecular weight is 413 g/mol. The first-order valence-corrected chi connectivity index (χ1v) is 10.8. The van der Waals surface area contributed by atoms with Crippen molar-refractivity contribution >= 4 is 27.3 Å². The van der Waals surface area contributed by atoms with Crippen LogP contribution in [-0.2, 0) is 16.4 Å². The fourth-order valence-corrected chi connectivity index (χ4v) is 3.11. The van der Waals surface area contributed by atoms with Gasteiger partial charge in [0.15, 0.2) is 0 Å². The van der Waals surface area contributed by atoms with E-state index < -0.39 is 16.1 Å². The standard InChI is InChI=1S/C19H25ClN2O4S/c1-22(27(2,24)25)17-6-8-19(9-7-17)26-14-18(23)13-21-11-10-15-4-3-5-16(20)12-15/h3-9,12,18,21,23H,10-11,13-14H2,1-2H3/t18-/m0/s1. The molecule has 6 nitrogen and oxygen atoms in total. The van der Waals surface area contributed by atoms with Crippen LogP contribution >= 0.6 is 11.6 Å². The van der Waals surface area contributed by atoms with Gasteiger partial charge in [-0.1, -0.05) is 23.7 Å². The van der Waals surface area contributed by atoms with Gasteiger partial charge in [0, 0.05) is 18.6 Å². The van der Waals surface area contributed by atoms with Crippen molar-refractivity contribution in [2.45, 2.75) is 12.5 Å². The highest BCUT2D eigenvalue weighted by molar-refractivity contribution is 7.92. The Morgan fingerprint density at radius 1 is 1.22 bits per heavy atom. The van der Waals surface area contributed by atoms with Crippen molar-refractivity contribution in [3.05, 3.63) is 59.1 Å². The summed E-state index contributed by atoms with van der Waals surface area (Å²) in [6, 6.07) is 14.4. The zero-order valence-electron chi connectivity index (χ0n) is 15.4. The van der Waals surface area contributed by atoms with Crippen LogP contribution in [0.1, 0.15) is 5.56 Å². The Labute approximate surface area is 165 Å². The second-order valence-electron chi connectivity index (χ2n) is 6.27. The molecule has 148 valence electrons. The van der Waals surface area contributed by atoms with Crippen molar-refractivity contribution in [1.82, 2.24) is 5.32 Å². The smallest absolute Gasteiger partial charge is 0.231 e. The van der Waals surface area contributed by atoms with E-state index in [1.807, 2.05) is 24.3 Å². The minimum atomic E-state index is -3.29. The van der Waals surface area contributed by atoms with E-state index in [1.165, 1.54) is 11.4 Å². The minimum absolute atomic E-state index is 0.144. The number of anilines is 1. The van der Waals surface area contributed by atoms with E-state index in [0.717, 1.165) is 29.8 Å². The average Bonchev–Trinajstić information content (AvgIpc) is 2.63. The summed E-state index contributed by atoms with van der Waals surface area (Å²) in [6.07, 6.45) is 1.32. The molecule has 0 aliphatic heterocycles. The first-order chi connectivity index (χ1) is 12.8. The van der Waals surface area contributed by atoms with Crippen molar-refractivity contribution in [2.75, 3.05) is 37.3 Å². The molecule has 0 aliphatic carbocycles. The van der Waals surface area contributed by atoms with E-state index >= 15 is 0 Å². The molecule has 1 atom stereocenters. The molecule has 27 heavy (non-hydrogen) atoms. The molecule has 0 saturated heterocycles. The fraction of sp³-hybridized carbons (Fsp3) is 0.368. The van der Waals surface area contributed by atoms with Gasteiger partial charge in [-0.3, -0.25) is 4.31 Å². The van der Waals surface area contributed by atoms with Crippen LogP contribution in [0.25, 0.3) is 0 Å². The third-order valence-corrected chi connectivity index (χ3v) is 5.44. The highest BCUT2D eigenvalue weighted by Gasteiger charge is 2.12. The van der Waals surface area contributed by atoms with E-state index in [2.05, 4.69) is 5.32 Å². The summed E-state index contributed by atoms with van der Waals surface area (Å²) in [6.45, 7) is 1.28. The summed E-state index contributed by atoms with van der Waals surface area (Å²) in [5, 5.41) is 13.9. The molecule has 0 radical (unpaired) electrons. The number of aliphatic hydroxyl groups excluding tert-OH is 1. The van der Waals surface area contributed by atoms with Gasteiger partial charge in [-0.2, -0.15) is 0 Å². The van der Waals surface area contributed by atoms with Crippen molar-refractivity contribution in [1.29, 1.82) is 0 Å². The Morgan fingerprint density at radius 3 is 2.56 bits per heavy atom. The van der Waals surface area contributed by atoms with Crippen LogP contribution in [0.4, 0.5) is 5.69 Å². The lowest BCUT2D eigenvalue weighted by atomic mass is 10.1. The highest BCUT2D eigenvalue weighted by atomic mass is 35.5. The molecule has 0 amide bonds. The van der Waals surface area contributed by atoms with Crippen LogP contribution in [0.3, 0.4) is 0 Å². The summed E-state index contributed by atoms with van der Waals surface area (Å²) in [7, 11) is -1.80. The van der Waals surface area contributed by atoms with Gasteiger partial charge in [0.05, 0.1) is 11.9 Å². The quantitative estimate of drug-likeness (QED) is 0.585. The van der Waals surface area contributed by atoms with Gasteiger partial charge in [-0.15, -0.1) is 0 Å². The largest absolute Gasteiger partial charge is 0.491 e. The van der Waals surface area contributed by atoms with E-state index in [9.17, 15) is 13.5 Å². The number of nitrogens with one attached hydrogen (secondary N) is 1. The molecule has 0 aromatic heterocycles. The Balaban J connectivity index is 1.70. The Morgan fingerprint density at radius 2 is 1.93 bits per heavy atom. The molecule has 0 saturated carbocycles. The van der Waals surface area contributed by atoms with E-state index in [4.69, 9.17) is 16.3 Å². The number of halogens is 1. The minimum Gasteiger partial charge on any atom is -0.491 e. The second kappa shape index (κ2) is 9.94. The lowest BCUT2D eigenvalue weighted by molar-refractivity contribution is 0.106. The summed E-state index contributed by atoms with van der Waals surface area (Å²) in [5.74, 6) is 0.568. The Kier molecular flexibility index (Phi) is 7.91. The van der Waals surface area contributed by atoms with Gasteiger partial charge >= 0.3 is 0 Å². The molecule has 0 heterocycles. The molecule has 8 heteroatoms. The molecule has 0 aliphatic rings. The van der Waals surface area contributed by atoms with E-state index in [0.29, 0.717) is 18.0 Å². The first kappa shape index (κ1) is 21.5. The summed E-state index contributed by atoms with van der Waals surface area (Å²) in [4.78, 5) is 0. The number of sulfonamides is 1. The summed E-state index contributed by atoms with van der Waals surface area (Å²) in [5.41, 5.74) is 1.69. The molecular formula is C19H25ClN2O4S. The molecule has 0 bridgehead atoms. The van der Waals surface area contributed by atoms with Crippen molar-refractivity contribution in [2.24, 2.45) is 0 Å². The predicted molar refractivity (Wildman–Crippen MR) is 109 cm³/mol. The number of aliphatic hydroxyl groups is 1. The number of hydrogen-bond acceptors (Lipinski definition) is 5. The number of rotatable bonds is 10. The van der Waals surface area contributed by atoms with E-state index in [1.54, 1.807) is 24.3 Å². The van der Waals surface area contributed by atoms with Crippen LogP contribution in [0.15, 0.2) is 48.5 Å². The molecule has 0 fully saturated rings. The maximum atomic E-state index is 11.5. The molecule has 2 aromatic carbocycles. The van der Waals surface area contributed by atoms with Gasteiger partial charge in [0.1, 0.15) is 18.5 Å². The van der Waals surface area contributed by atoms with Gasteiger partial charge in [0.2, 0.25) is 10.0 Å². The summed E-state index contributed by atoms with van der Waals surface area (Å²) < 4.78 is 29.8. The Hall–Kier alpha value is -1.80. The van der Waals surface area contributed by atoms with Crippen LogP contribution in [0, 0.1) is 0 Å². The maximum absolute atomic E-state index is 11.5. The second-order valence-corrected chi connectivity index (χ2v) is 8.72. The van der Waals surface area contributed by atoms with Crippen LogP contribution in [0.2, 0.25) is 5.02 Å². The first-order valence-electron chi connectivity index (χ1n) is 8.55. The number of nitrogens with zero attached hydrogens (tertiary/aromatic N) is 1. The van der Waals surface area contributed by atoms with Gasteiger partial charge < -0.3 is 15.2 Å². The van der Waals surface area contributed by atoms with Gasteiger partial charge in [-0.25, -0.2) is 8.42 Å². The molecule has 0 unspecified atom stereocenters. The van der Waals surface area contributed by atoms with Crippen molar-refractivity contribution < 1.29 is 18.3 Å². The summed E-state index contributed by atoms with van der Waals surface area (Å²) >= 11 is 5.95. The third kappa shape index (κ3) is 7.38. The Bertz CT molecular complexity index is 828. The lowest BCUT2D eigenvalue weighted by Crippen LogP contribution is -2.32. The number of ether oxygens (including phenoxy) is 1. The normalized spacial score (nSPS) is 12.6. The number of benzene rings is 2. The third-order valence-electron chi connectivity index (χ3n) is 4.00. The molecule has 2 aromatic rings. The lowest BCUT2D eigenvalue weighted by Gasteiger charge is -2.17. The maximum Gasteiger partial charge on any atom is 0.231 e. The zero-order chi connectivity index (χ0) is 19.9. The zero-order valence-corrected chi connectivity index (χ0v) is 17.0. The highest BCUT2D eigenvalue weighted by Crippen LogP contribution is 2.20. The molecule has 0 spiro atoms. The predicted octanol–water partition coefficient (Wildman–Crippen LogP) is 2.31. The number of hydrogen-bond donors (Lipinski definition) is 2.